The highest BCUT2D eigenvalue weighted by molar-refractivity contribution is 5.90. The van der Waals surface area contributed by atoms with E-state index in [1.807, 2.05) is 0 Å². The van der Waals surface area contributed by atoms with Gasteiger partial charge in [-0.05, 0) is 42.7 Å². The molecule has 142 valence electrons. The predicted molar refractivity (Wildman–Crippen MR) is 91.7 cm³/mol. The lowest BCUT2D eigenvalue weighted by molar-refractivity contribution is -0.139. The standard InChI is InChI=1S/C20H18F3NO3/c21-13-7-5-12(6-8-13)14(18(25)26)11-24-19(27)20(9-2-10-20)17-15(22)3-1-4-16(17)23/h1,3-8,14H,2,9-11H2,(H,24,27)(H,25,26). The summed E-state index contributed by atoms with van der Waals surface area (Å²) >= 11 is 0. The molecule has 2 N–H and O–H groups in total. The lowest BCUT2D eigenvalue weighted by Crippen LogP contribution is -2.51. The summed E-state index contributed by atoms with van der Waals surface area (Å²) in [7, 11) is 0. The van der Waals surface area contributed by atoms with Gasteiger partial charge in [-0.3, -0.25) is 9.59 Å². The van der Waals surface area contributed by atoms with Gasteiger partial charge in [-0.15, -0.1) is 0 Å². The van der Waals surface area contributed by atoms with Crippen molar-refractivity contribution in [3.05, 3.63) is 71.0 Å². The van der Waals surface area contributed by atoms with Gasteiger partial charge in [0.1, 0.15) is 17.5 Å². The van der Waals surface area contributed by atoms with Crippen molar-refractivity contribution in [3.8, 4) is 0 Å². The van der Waals surface area contributed by atoms with Gasteiger partial charge in [0.2, 0.25) is 5.91 Å². The second-order valence-electron chi connectivity index (χ2n) is 6.68. The monoisotopic (exact) mass is 377 g/mol. The van der Waals surface area contributed by atoms with Crippen molar-refractivity contribution >= 4 is 11.9 Å². The zero-order chi connectivity index (χ0) is 19.6. The molecule has 4 nitrogen and oxygen atoms in total. The number of hydrogen-bond donors (Lipinski definition) is 2. The molecule has 0 bridgehead atoms. The van der Waals surface area contributed by atoms with Crippen LogP contribution in [0.2, 0.25) is 0 Å². The SMILES string of the molecule is O=C(O)C(CNC(=O)C1(c2c(F)cccc2F)CCC1)c1ccc(F)cc1. The van der Waals surface area contributed by atoms with Crippen molar-refractivity contribution in [2.75, 3.05) is 6.54 Å². The van der Waals surface area contributed by atoms with Crippen LogP contribution in [0.5, 0.6) is 0 Å². The Balaban J connectivity index is 1.81. The number of carbonyl (C=O) groups excluding carboxylic acids is 1. The molecule has 1 fully saturated rings. The van der Waals surface area contributed by atoms with E-state index in [0.29, 0.717) is 12.0 Å². The fourth-order valence-corrected chi connectivity index (χ4v) is 3.48. The maximum Gasteiger partial charge on any atom is 0.312 e. The third-order valence-electron chi connectivity index (χ3n) is 5.12. The number of carbonyl (C=O) groups is 2. The molecule has 2 aromatic carbocycles. The normalized spacial score (nSPS) is 16.3. The van der Waals surface area contributed by atoms with Gasteiger partial charge >= 0.3 is 5.97 Å². The van der Waals surface area contributed by atoms with Crippen LogP contribution in [0.3, 0.4) is 0 Å². The van der Waals surface area contributed by atoms with Gasteiger partial charge in [0.15, 0.2) is 0 Å². The summed E-state index contributed by atoms with van der Waals surface area (Å²) < 4.78 is 41.5. The molecule has 27 heavy (non-hydrogen) atoms. The summed E-state index contributed by atoms with van der Waals surface area (Å²) in [4.78, 5) is 24.3. The van der Waals surface area contributed by atoms with Crippen molar-refractivity contribution in [2.45, 2.75) is 30.6 Å². The van der Waals surface area contributed by atoms with E-state index < -0.39 is 40.7 Å². The molecule has 0 aromatic heterocycles. The van der Waals surface area contributed by atoms with Gasteiger partial charge in [0.25, 0.3) is 0 Å². The maximum atomic E-state index is 14.2. The molecule has 1 aliphatic rings. The van der Waals surface area contributed by atoms with Crippen LogP contribution in [-0.4, -0.2) is 23.5 Å². The van der Waals surface area contributed by atoms with Crippen molar-refractivity contribution < 1.29 is 27.9 Å². The molecule has 0 aliphatic heterocycles. The van der Waals surface area contributed by atoms with E-state index in [2.05, 4.69) is 5.32 Å². The molecule has 0 spiro atoms. The second kappa shape index (κ2) is 7.42. The number of amides is 1. The van der Waals surface area contributed by atoms with Crippen molar-refractivity contribution in [1.29, 1.82) is 0 Å². The van der Waals surface area contributed by atoms with E-state index in [0.717, 1.165) is 24.3 Å². The van der Waals surface area contributed by atoms with Crippen molar-refractivity contribution in [1.82, 2.24) is 5.32 Å². The fourth-order valence-electron chi connectivity index (χ4n) is 3.48. The first-order valence-corrected chi connectivity index (χ1v) is 8.56. The van der Waals surface area contributed by atoms with Crippen LogP contribution in [0.1, 0.15) is 36.3 Å². The molecule has 0 radical (unpaired) electrons. The topological polar surface area (TPSA) is 66.4 Å². The van der Waals surface area contributed by atoms with Gasteiger partial charge in [-0.25, -0.2) is 13.2 Å². The molecule has 2 aromatic rings. The van der Waals surface area contributed by atoms with Gasteiger partial charge < -0.3 is 10.4 Å². The van der Waals surface area contributed by atoms with E-state index in [9.17, 15) is 27.9 Å². The number of hydrogen-bond acceptors (Lipinski definition) is 2. The summed E-state index contributed by atoms with van der Waals surface area (Å²) in [5.41, 5.74) is -1.28. The largest absolute Gasteiger partial charge is 0.481 e. The number of carboxylic acids is 1. The molecule has 1 aliphatic carbocycles. The van der Waals surface area contributed by atoms with E-state index in [-0.39, 0.29) is 24.9 Å². The Bertz CT molecular complexity index is 843. The van der Waals surface area contributed by atoms with Crippen LogP contribution < -0.4 is 5.32 Å². The number of benzene rings is 2. The Morgan fingerprint density at radius 3 is 2.11 bits per heavy atom. The Morgan fingerprint density at radius 1 is 1.04 bits per heavy atom. The van der Waals surface area contributed by atoms with Gasteiger partial charge in [0.05, 0.1) is 11.3 Å². The number of halogens is 3. The Labute approximate surface area is 154 Å². The first-order valence-electron chi connectivity index (χ1n) is 8.56. The highest BCUT2D eigenvalue weighted by Gasteiger charge is 2.49. The minimum absolute atomic E-state index is 0.266. The van der Waals surface area contributed by atoms with Gasteiger partial charge in [-0.2, -0.15) is 0 Å². The van der Waals surface area contributed by atoms with Crippen molar-refractivity contribution in [2.24, 2.45) is 0 Å². The average Bonchev–Trinajstić information content (AvgIpc) is 2.58. The van der Waals surface area contributed by atoms with E-state index in [1.165, 1.54) is 18.2 Å². The molecule has 1 amide bonds. The molecule has 1 unspecified atom stereocenters. The van der Waals surface area contributed by atoms with E-state index in [4.69, 9.17) is 0 Å². The smallest absolute Gasteiger partial charge is 0.312 e. The van der Waals surface area contributed by atoms with Crippen LogP contribution in [0.25, 0.3) is 0 Å². The van der Waals surface area contributed by atoms with E-state index in [1.54, 1.807) is 0 Å². The number of rotatable bonds is 6. The quantitative estimate of drug-likeness (QED) is 0.810. The summed E-state index contributed by atoms with van der Waals surface area (Å²) in [6.45, 7) is -0.266. The molecule has 1 saturated carbocycles. The third-order valence-corrected chi connectivity index (χ3v) is 5.12. The highest BCUT2D eigenvalue weighted by atomic mass is 19.1. The van der Waals surface area contributed by atoms with E-state index >= 15 is 0 Å². The lowest BCUT2D eigenvalue weighted by Gasteiger charge is -2.41. The Morgan fingerprint density at radius 2 is 1.63 bits per heavy atom. The van der Waals surface area contributed by atoms with Crippen LogP contribution in [0, 0.1) is 17.5 Å². The Hall–Kier alpha value is -2.83. The fraction of sp³-hybridized carbons (Fsp3) is 0.300. The Kier molecular flexibility index (Phi) is 5.21. The predicted octanol–water partition coefficient (Wildman–Crippen LogP) is 3.51. The van der Waals surface area contributed by atoms with Crippen LogP contribution in [0.15, 0.2) is 42.5 Å². The first-order chi connectivity index (χ1) is 12.8. The third kappa shape index (κ3) is 3.54. The molecule has 1 atom stereocenters. The van der Waals surface area contributed by atoms with Gasteiger partial charge in [-0.1, -0.05) is 24.6 Å². The average molecular weight is 377 g/mol. The maximum absolute atomic E-state index is 14.2. The van der Waals surface area contributed by atoms with Crippen LogP contribution in [0.4, 0.5) is 13.2 Å². The lowest BCUT2D eigenvalue weighted by atomic mass is 9.63. The highest BCUT2D eigenvalue weighted by Crippen LogP contribution is 2.46. The molecule has 3 rings (SSSR count). The minimum atomic E-state index is -1.33. The molecular formula is C20H18F3NO3. The number of nitrogens with one attached hydrogen (secondary N) is 1. The minimum Gasteiger partial charge on any atom is -0.481 e. The zero-order valence-corrected chi connectivity index (χ0v) is 14.3. The van der Waals surface area contributed by atoms with Crippen LogP contribution >= 0.6 is 0 Å². The number of carboxylic acid groups (broad SMARTS) is 1. The van der Waals surface area contributed by atoms with Gasteiger partial charge in [0, 0.05) is 12.1 Å². The summed E-state index contributed by atoms with van der Waals surface area (Å²) in [6, 6.07) is 8.36. The molecule has 7 heteroatoms. The molecule has 0 heterocycles. The van der Waals surface area contributed by atoms with Crippen molar-refractivity contribution in [3.63, 3.8) is 0 Å². The first kappa shape index (κ1) is 18.9. The second-order valence-corrected chi connectivity index (χ2v) is 6.68. The number of aliphatic carboxylic acids is 1. The summed E-state index contributed by atoms with van der Waals surface area (Å²) in [5.74, 6) is -4.99. The summed E-state index contributed by atoms with van der Waals surface area (Å²) in [5, 5.41) is 11.9. The summed E-state index contributed by atoms with van der Waals surface area (Å²) in [6.07, 6.45) is 1.21. The molecular weight excluding hydrogens is 359 g/mol. The molecule has 0 saturated heterocycles. The van der Waals surface area contributed by atoms with Crippen LogP contribution in [-0.2, 0) is 15.0 Å². The zero-order valence-electron chi connectivity index (χ0n) is 14.3.